The Hall–Kier alpha value is -2.66. The summed E-state index contributed by atoms with van der Waals surface area (Å²) in [5.74, 6) is -2.88. The Bertz CT molecular complexity index is 866. The summed E-state index contributed by atoms with van der Waals surface area (Å²) in [7, 11) is 0. The van der Waals surface area contributed by atoms with Crippen LogP contribution in [0.5, 0.6) is 0 Å². The van der Waals surface area contributed by atoms with E-state index in [1.807, 2.05) is 6.07 Å². The Kier molecular flexibility index (Phi) is 5.91. The molecule has 0 spiro atoms. The number of anilines is 1. The third kappa shape index (κ3) is 4.37. The number of carboxylic acids is 1. The topological polar surface area (TPSA) is 83.5 Å². The number of carbonyl (C=O) groups is 3. The number of hydrogen-bond donors (Lipinski definition) is 2. The van der Waals surface area contributed by atoms with E-state index in [0.29, 0.717) is 29.1 Å². The van der Waals surface area contributed by atoms with Crippen LogP contribution in [0.1, 0.15) is 41.6 Å². The molecule has 1 aliphatic rings. The van der Waals surface area contributed by atoms with Crippen LogP contribution in [-0.4, -0.2) is 22.8 Å². The van der Waals surface area contributed by atoms with E-state index in [-0.39, 0.29) is 17.3 Å². The Morgan fingerprint density at radius 2 is 1.63 bits per heavy atom. The number of ketones is 1. The quantitative estimate of drug-likeness (QED) is 0.747. The van der Waals surface area contributed by atoms with Gasteiger partial charge in [-0.1, -0.05) is 54.8 Å². The number of rotatable bonds is 5. The minimum absolute atomic E-state index is 0.258. The van der Waals surface area contributed by atoms with Gasteiger partial charge in [-0.3, -0.25) is 14.4 Å². The van der Waals surface area contributed by atoms with Crippen molar-refractivity contribution in [3.05, 3.63) is 64.7 Å². The fourth-order valence-electron chi connectivity index (χ4n) is 3.52. The molecule has 2 N–H and O–H groups in total. The first kappa shape index (κ1) is 19.1. The second-order valence-electron chi connectivity index (χ2n) is 6.71. The van der Waals surface area contributed by atoms with Crippen LogP contribution >= 0.6 is 11.6 Å². The first-order valence-corrected chi connectivity index (χ1v) is 9.28. The van der Waals surface area contributed by atoms with Gasteiger partial charge in [-0.2, -0.15) is 0 Å². The minimum Gasteiger partial charge on any atom is -0.481 e. The summed E-state index contributed by atoms with van der Waals surface area (Å²) in [6, 6.07) is 13.4. The molecule has 0 saturated heterocycles. The Balaban J connectivity index is 1.87. The van der Waals surface area contributed by atoms with E-state index < -0.39 is 17.8 Å². The molecule has 2 atom stereocenters. The van der Waals surface area contributed by atoms with Crippen molar-refractivity contribution in [2.75, 3.05) is 5.32 Å². The van der Waals surface area contributed by atoms with Crippen LogP contribution in [0, 0.1) is 11.8 Å². The van der Waals surface area contributed by atoms with E-state index in [2.05, 4.69) is 5.32 Å². The minimum atomic E-state index is -0.952. The average molecular weight is 386 g/mol. The highest BCUT2D eigenvalue weighted by Gasteiger charge is 2.36. The van der Waals surface area contributed by atoms with E-state index >= 15 is 0 Å². The fourth-order valence-corrected chi connectivity index (χ4v) is 3.70. The molecule has 5 nitrogen and oxygen atoms in total. The summed E-state index contributed by atoms with van der Waals surface area (Å²) in [6.07, 6.45) is 2.64. The van der Waals surface area contributed by atoms with Crippen LogP contribution in [0.15, 0.2) is 48.5 Å². The summed E-state index contributed by atoms with van der Waals surface area (Å²) < 4.78 is 0. The van der Waals surface area contributed by atoms with Crippen LogP contribution in [0.3, 0.4) is 0 Å². The zero-order chi connectivity index (χ0) is 19.4. The third-order valence-electron chi connectivity index (χ3n) is 4.94. The van der Waals surface area contributed by atoms with Gasteiger partial charge in [-0.25, -0.2) is 0 Å². The van der Waals surface area contributed by atoms with Gasteiger partial charge < -0.3 is 10.4 Å². The molecule has 1 amide bonds. The molecule has 0 unspecified atom stereocenters. The lowest BCUT2D eigenvalue weighted by atomic mass is 9.78. The van der Waals surface area contributed by atoms with Crippen molar-refractivity contribution in [2.45, 2.75) is 25.7 Å². The van der Waals surface area contributed by atoms with Gasteiger partial charge in [0.05, 0.1) is 17.5 Å². The maximum absolute atomic E-state index is 12.8. The first-order chi connectivity index (χ1) is 13.0. The van der Waals surface area contributed by atoms with Crippen molar-refractivity contribution in [2.24, 2.45) is 11.8 Å². The van der Waals surface area contributed by atoms with Crippen LogP contribution < -0.4 is 5.32 Å². The number of benzene rings is 2. The largest absolute Gasteiger partial charge is 0.481 e. The first-order valence-electron chi connectivity index (χ1n) is 8.90. The Labute approximate surface area is 162 Å². The molecule has 6 heteroatoms. The summed E-state index contributed by atoms with van der Waals surface area (Å²) in [5.41, 5.74) is 1.11. The molecule has 2 aromatic rings. The molecule has 0 aromatic heterocycles. The van der Waals surface area contributed by atoms with Crippen LogP contribution in [0.2, 0.25) is 5.02 Å². The second kappa shape index (κ2) is 8.35. The summed E-state index contributed by atoms with van der Waals surface area (Å²) in [5, 5.41) is 12.5. The van der Waals surface area contributed by atoms with Crippen LogP contribution in [-0.2, 0) is 9.59 Å². The van der Waals surface area contributed by atoms with E-state index in [9.17, 15) is 19.5 Å². The van der Waals surface area contributed by atoms with Crippen LogP contribution in [0.4, 0.5) is 5.69 Å². The fraction of sp³-hybridized carbons (Fsp3) is 0.286. The molecule has 0 aliphatic heterocycles. The highest BCUT2D eigenvalue weighted by atomic mass is 35.5. The number of carboxylic acid groups (broad SMARTS) is 1. The molecular weight excluding hydrogens is 366 g/mol. The van der Waals surface area contributed by atoms with E-state index in [0.717, 1.165) is 12.8 Å². The third-order valence-corrected chi connectivity index (χ3v) is 5.18. The summed E-state index contributed by atoms with van der Waals surface area (Å²) >= 11 is 6.06. The van der Waals surface area contributed by atoms with Crippen molar-refractivity contribution >= 4 is 34.9 Å². The SMILES string of the molecule is O=C(c1ccccc1)c1cc(Cl)ccc1NC(=O)[C@H]1CCCC[C@@H]1C(=O)O. The standard InChI is InChI=1S/C21H20ClNO4/c22-14-10-11-18(17(12-14)19(24)13-6-2-1-3-7-13)23-20(25)15-8-4-5-9-16(15)21(26)27/h1-3,6-7,10-12,15-16H,4-5,8-9H2,(H,23,25)(H,26,27)/t15-,16-/m0/s1. The lowest BCUT2D eigenvalue weighted by Crippen LogP contribution is -2.36. The number of nitrogens with one attached hydrogen (secondary N) is 1. The van der Waals surface area contributed by atoms with Gasteiger partial charge in [-0.05, 0) is 31.0 Å². The number of hydrogen-bond acceptors (Lipinski definition) is 3. The van der Waals surface area contributed by atoms with Gasteiger partial charge in [0.25, 0.3) is 0 Å². The molecule has 0 radical (unpaired) electrons. The van der Waals surface area contributed by atoms with Gasteiger partial charge in [0.1, 0.15) is 0 Å². The molecule has 3 rings (SSSR count). The molecule has 1 saturated carbocycles. The van der Waals surface area contributed by atoms with Crippen molar-refractivity contribution < 1.29 is 19.5 Å². The molecular formula is C21H20ClNO4. The normalized spacial score (nSPS) is 19.3. The van der Waals surface area contributed by atoms with Crippen molar-refractivity contribution in [1.82, 2.24) is 0 Å². The predicted octanol–water partition coefficient (Wildman–Crippen LogP) is 4.40. The smallest absolute Gasteiger partial charge is 0.307 e. The van der Waals surface area contributed by atoms with Crippen LogP contribution in [0.25, 0.3) is 0 Å². The number of carbonyl (C=O) groups excluding carboxylic acids is 2. The van der Waals surface area contributed by atoms with Gasteiger partial charge in [0.15, 0.2) is 5.78 Å². The average Bonchev–Trinajstić information content (AvgIpc) is 2.69. The summed E-state index contributed by atoms with van der Waals surface area (Å²) in [6.45, 7) is 0. The lowest BCUT2D eigenvalue weighted by Gasteiger charge is -2.27. The molecule has 27 heavy (non-hydrogen) atoms. The van der Waals surface area contributed by atoms with Crippen molar-refractivity contribution in [3.8, 4) is 0 Å². The molecule has 0 bridgehead atoms. The maximum Gasteiger partial charge on any atom is 0.307 e. The molecule has 2 aromatic carbocycles. The van der Waals surface area contributed by atoms with E-state index in [4.69, 9.17) is 11.6 Å². The lowest BCUT2D eigenvalue weighted by molar-refractivity contribution is -0.147. The number of amides is 1. The molecule has 140 valence electrons. The van der Waals surface area contributed by atoms with E-state index in [1.54, 1.807) is 36.4 Å². The monoisotopic (exact) mass is 385 g/mol. The maximum atomic E-state index is 12.8. The Morgan fingerprint density at radius 1 is 0.963 bits per heavy atom. The zero-order valence-electron chi connectivity index (χ0n) is 14.7. The van der Waals surface area contributed by atoms with Gasteiger partial charge in [0.2, 0.25) is 5.91 Å². The number of aliphatic carboxylic acids is 1. The molecule has 1 aliphatic carbocycles. The molecule has 1 fully saturated rings. The Morgan fingerprint density at radius 3 is 2.30 bits per heavy atom. The predicted molar refractivity (Wildman–Crippen MR) is 103 cm³/mol. The van der Waals surface area contributed by atoms with E-state index in [1.165, 1.54) is 6.07 Å². The second-order valence-corrected chi connectivity index (χ2v) is 7.15. The highest BCUT2D eigenvalue weighted by Crippen LogP contribution is 2.32. The van der Waals surface area contributed by atoms with Crippen molar-refractivity contribution in [1.29, 1.82) is 0 Å². The van der Waals surface area contributed by atoms with Gasteiger partial charge in [0, 0.05) is 16.1 Å². The van der Waals surface area contributed by atoms with Gasteiger partial charge in [-0.15, -0.1) is 0 Å². The van der Waals surface area contributed by atoms with Gasteiger partial charge >= 0.3 is 5.97 Å². The zero-order valence-corrected chi connectivity index (χ0v) is 15.4. The summed E-state index contributed by atoms with van der Waals surface area (Å²) in [4.78, 5) is 37.1. The highest BCUT2D eigenvalue weighted by molar-refractivity contribution is 6.31. The van der Waals surface area contributed by atoms with Crippen molar-refractivity contribution in [3.63, 3.8) is 0 Å². The number of halogens is 1. The molecule has 0 heterocycles.